The number of rotatable bonds is 7. The molecule has 0 unspecified atom stereocenters. The maximum absolute atomic E-state index is 12.5. The Morgan fingerprint density at radius 2 is 1.88 bits per heavy atom. The van der Waals surface area contributed by atoms with Crippen molar-refractivity contribution in [3.8, 4) is 0 Å². The van der Waals surface area contributed by atoms with Gasteiger partial charge >= 0.3 is 0 Å². The summed E-state index contributed by atoms with van der Waals surface area (Å²) in [6.45, 7) is 3.53. The van der Waals surface area contributed by atoms with Crippen molar-refractivity contribution in [1.82, 2.24) is 14.8 Å². The molecule has 1 aliphatic heterocycles. The number of para-hydroxylation sites is 1. The zero-order valence-electron chi connectivity index (χ0n) is 17.4. The van der Waals surface area contributed by atoms with E-state index in [0.29, 0.717) is 60.8 Å². The summed E-state index contributed by atoms with van der Waals surface area (Å²) in [6, 6.07) is 12.9. The molecular formula is C23H23Cl2N3O3S. The number of benzene rings is 2. The first kappa shape index (κ1) is 23.0. The van der Waals surface area contributed by atoms with Crippen LogP contribution in [0.1, 0.15) is 10.4 Å². The van der Waals surface area contributed by atoms with Crippen LogP contribution < -0.4 is 5.32 Å². The molecule has 1 aromatic heterocycles. The second kappa shape index (κ2) is 10.6. The van der Waals surface area contributed by atoms with Crippen molar-refractivity contribution < 1.29 is 14.3 Å². The van der Waals surface area contributed by atoms with Crippen molar-refractivity contribution in [3.05, 3.63) is 64.3 Å². The van der Waals surface area contributed by atoms with E-state index in [0.717, 1.165) is 15.8 Å². The molecule has 2 amide bonds. The Labute approximate surface area is 200 Å². The lowest BCUT2D eigenvalue weighted by Gasteiger charge is -2.26. The number of carbonyl (C=O) groups excluding carboxylic acids is 2. The van der Waals surface area contributed by atoms with Crippen LogP contribution in [0.3, 0.4) is 0 Å². The van der Waals surface area contributed by atoms with E-state index in [9.17, 15) is 9.59 Å². The van der Waals surface area contributed by atoms with Crippen LogP contribution in [0.4, 0.5) is 0 Å². The number of amides is 2. The monoisotopic (exact) mass is 491 g/mol. The molecule has 1 N–H and O–H groups in total. The van der Waals surface area contributed by atoms with Crippen LogP contribution in [0.2, 0.25) is 10.0 Å². The van der Waals surface area contributed by atoms with E-state index in [-0.39, 0.29) is 11.8 Å². The third kappa shape index (κ3) is 5.41. The first-order chi connectivity index (χ1) is 15.5. The van der Waals surface area contributed by atoms with E-state index in [4.69, 9.17) is 27.9 Å². The fourth-order valence-electron chi connectivity index (χ4n) is 3.62. The number of hydrogen-bond acceptors (Lipinski definition) is 4. The normalized spacial score (nSPS) is 14.0. The van der Waals surface area contributed by atoms with Crippen molar-refractivity contribution in [2.75, 3.05) is 38.6 Å². The number of hydrogen-bond donors (Lipinski definition) is 1. The summed E-state index contributed by atoms with van der Waals surface area (Å²) in [5.41, 5.74) is 1.46. The van der Waals surface area contributed by atoms with E-state index < -0.39 is 0 Å². The van der Waals surface area contributed by atoms with Crippen molar-refractivity contribution in [3.63, 3.8) is 0 Å². The molecule has 9 heteroatoms. The highest BCUT2D eigenvalue weighted by Gasteiger charge is 2.18. The summed E-state index contributed by atoms with van der Waals surface area (Å²) in [5, 5.41) is 4.82. The van der Waals surface area contributed by atoms with E-state index in [1.807, 2.05) is 29.3 Å². The van der Waals surface area contributed by atoms with Gasteiger partial charge in [-0.1, -0.05) is 41.4 Å². The van der Waals surface area contributed by atoms with Crippen LogP contribution in [0, 0.1) is 0 Å². The molecule has 2 aromatic carbocycles. The standard InChI is InChI=1S/C23H23Cl2N3O3S/c24-16-5-6-17(19(25)13-16)23(30)26-7-8-28-14-21(18-3-1-2-4-20(18)28)32-15-22(29)27-9-11-31-12-10-27/h1-6,13-14H,7-12,15H2,(H,26,30). The van der Waals surface area contributed by atoms with Crippen LogP contribution >= 0.6 is 35.0 Å². The molecule has 1 saturated heterocycles. The van der Waals surface area contributed by atoms with Crippen LogP contribution in [-0.4, -0.2) is 59.9 Å². The molecule has 168 valence electrons. The predicted molar refractivity (Wildman–Crippen MR) is 129 cm³/mol. The van der Waals surface area contributed by atoms with Gasteiger partial charge in [-0.25, -0.2) is 0 Å². The van der Waals surface area contributed by atoms with Gasteiger partial charge in [-0.2, -0.15) is 0 Å². The fraction of sp³-hybridized carbons (Fsp3) is 0.304. The fourth-order valence-corrected chi connectivity index (χ4v) is 5.10. The van der Waals surface area contributed by atoms with Gasteiger partial charge in [-0.3, -0.25) is 9.59 Å². The van der Waals surface area contributed by atoms with E-state index in [1.165, 1.54) is 0 Å². The quantitative estimate of drug-likeness (QED) is 0.499. The van der Waals surface area contributed by atoms with Crippen molar-refractivity contribution >= 4 is 57.7 Å². The molecule has 0 aliphatic carbocycles. The first-order valence-corrected chi connectivity index (χ1v) is 12.1. The molecule has 2 heterocycles. The SMILES string of the molecule is O=C(NCCn1cc(SCC(=O)N2CCOCC2)c2ccccc21)c1ccc(Cl)cc1Cl. The largest absolute Gasteiger partial charge is 0.378 e. The van der Waals surface area contributed by atoms with Gasteiger partial charge < -0.3 is 19.5 Å². The minimum absolute atomic E-state index is 0.127. The number of carbonyl (C=O) groups is 2. The van der Waals surface area contributed by atoms with E-state index in [2.05, 4.69) is 16.0 Å². The second-order valence-corrected chi connectivity index (χ2v) is 9.23. The molecule has 0 saturated carbocycles. The first-order valence-electron chi connectivity index (χ1n) is 10.3. The van der Waals surface area contributed by atoms with Crippen LogP contribution in [0.25, 0.3) is 10.9 Å². The van der Waals surface area contributed by atoms with E-state index >= 15 is 0 Å². The van der Waals surface area contributed by atoms with Gasteiger partial charge in [0, 0.05) is 53.2 Å². The van der Waals surface area contributed by atoms with Gasteiger partial charge in [0.15, 0.2) is 0 Å². The maximum Gasteiger partial charge on any atom is 0.252 e. The molecule has 1 aliphatic rings. The van der Waals surface area contributed by atoms with Gasteiger partial charge in [0.25, 0.3) is 5.91 Å². The molecule has 0 atom stereocenters. The summed E-state index contributed by atoms with van der Waals surface area (Å²) >= 11 is 13.6. The summed E-state index contributed by atoms with van der Waals surface area (Å²) in [5.74, 6) is 0.274. The Hall–Kier alpha value is -2.19. The molecular weight excluding hydrogens is 469 g/mol. The third-order valence-electron chi connectivity index (χ3n) is 5.28. The maximum atomic E-state index is 12.5. The molecule has 32 heavy (non-hydrogen) atoms. The predicted octanol–water partition coefficient (Wildman–Crippen LogP) is 4.33. The Balaban J connectivity index is 1.39. The van der Waals surface area contributed by atoms with Crippen LogP contribution in [-0.2, 0) is 16.1 Å². The summed E-state index contributed by atoms with van der Waals surface area (Å²) in [7, 11) is 0. The van der Waals surface area contributed by atoms with Crippen molar-refractivity contribution in [1.29, 1.82) is 0 Å². The molecule has 4 rings (SSSR count). The molecule has 0 radical (unpaired) electrons. The molecule has 0 bridgehead atoms. The molecule has 3 aromatic rings. The third-order valence-corrected chi connectivity index (χ3v) is 6.86. The van der Waals surface area contributed by atoms with Crippen molar-refractivity contribution in [2.45, 2.75) is 11.4 Å². The number of nitrogens with one attached hydrogen (secondary N) is 1. The lowest BCUT2D eigenvalue weighted by atomic mass is 10.2. The number of thioether (sulfide) groups is 1. The minimum Gasteiger partial charge on any atom is -0.378 e. The number of halogens is 2. The minimum atomic E-state index is -0.242. The van der Waals surface area contributed by atoms with Gasteiger partial charge in [-0.15, -0.1) is 11.8 Å². The Bertz CT molecular complexity index is 1130. The average molecular weight is 492 g/mol. The molecule has 1 fully saturated rings. The van der Waals surface area contributed by atoms with Gasteiger partial charge in [0.1, 0.15) is 0 Å². The number of morpholine rings is 1. The van der Waals surface area contributed by atoms with Gasteiger partial charge in [0.2, 0.25) is 5.91 Å². The topological polar surface area (TPSA) is 63.6 Å². The van der Waals surface area contributed by atoms with Gasteiger partial charge in [0.05, 0.1) is 29.6 Å². The Morgan fingerprint density at radius 3 is 2.66 bits per heavy atom. The zero-order chi connectivity index (χ0) is 22.5. The van der Waals surface area contributed by atoms with Crippen LogP contribution in [0.5, 0.6) is 0 Å². The highest BCUT2D eigenvalue weighted by molar-refractivity contribution is 8.00. The Morgan fingerprint density at radius 1 is 1.09 bits per heavy atom. The lowest BCUT2D eigenvalue weighted by molar-refractivity contribution is -0.132. The number of aromatic nitrogens is 1. The summed E-state index contributed by atoms with van der Waals surface area (Å²) < 4.78 is 7.42. The molecule has 0 spiro atoms. The number of fused-ring (bicyclic) bond motifs is 1. The number of ether oxygens (including phenoxy) is 1. The average Bonchev–Trinajstić information content (AvgIpc) is 3.15. The van der Waals surface area contributed by atoms with Gasteiger partial charge in [-0.05, 0) is 24.3 Å². The van der Waals surface area contributed by atoms with E-state index in [1.54, 1.807) is 30.0 Å². The highest BCUT2D eigenvalue weighted by atomic mass is 35.5. The van der Waals surface area contributed by atoms with Crippen molar-refractivity contribution in [2.24, 2.45) is 0 Å². The molecule has 6 nitrogen and oxygen atoms in total. The summed E-state index contributed by atoms with van der Waals surface area (Å²) in [4.78, 5) is 27.9. The second-order valence-electron chi connectivity index (χ2n) is 7.37. The Kier molecular flexibility index (Phi) is 7.63. The highest BCUT2D eigenvalue weighted by Crippen LogP contribution is 2.30. The lowest BCUT2D eigenvalue weighted by Crippen LogP contribution is -2.41. The number of nitrogens with zero attached hydrogens (tertiary/aromatic N) is 2. The van der Waals surface area contributed by atoms with Crippen LogP contribution in [0.15, 0.2) is 53.6 Å². The smallest absolute Gasteiger partial charge is 0.252 e. The zero-order valence-corrected chi connectivity index (χ0v) is 19.7. The summed E-state index contributed by atoms with van der Waals surface area (Å²) in [6.07, 6.45) is 2.04.